The summed E-state index contributed by atoms with van der Waals surface area (Å²) in [7, 11) is -1.65. The van der Waals surface area contributed by atoms with Crippen LogP contribution in [0.1, 0.15) is 0 Å². The maximum atomic E-state index is 11.9. The van der Waals surface area contributed by atoms with Crippen LogP contribution >= 0.6 is 24.5 Å². The zero-order valence-electron chi connectivity index (χ0n) is 22.5. The second-order valence-electron chi connectivity index (χ2n) is 9.18. The third-order valence-corrected chi connectivity index (χ3v) is 12.7. The van der Waals surface area contributed by atoms with Crippen molar-refractivity contribution in [1.82, 2.24) is 0 Å². The number of halogens is 4. The Bertz CT molecular complexity index is 1350. The van der Waals surface area contributed by atoms with Crippen LogP contribution in [0.2, 0.25) is 0 Å². The van der Waals surface area contributed by atoms with E-state index in [0.29, 0.717) is 12.1 Å². The van der Waals surface area contributed by atoms with Crippen LogP contribution in [0, 0.1) is 50.2 Å². The SMILES string of the molecule is Fc1[c-]c(F)cc(F)c1.[Au].[Au].[CH2-]P([CH2-])(Cl)(c1ccccc1)c1ccccc1.[CH2-][P+]([CH2-])(c1ccccc1)c1ccccc1. The first-order chi connectivity index (χ1) is 18.9. The molecule has 0 aliphatic heterocycles. The average Bonchev–Trinajstić information content (AvgIpc) is 2.95. The van der Waals surface area contributed by atoms with Crippen LogP contribution in [0.25, 0.3) is 0 Å². The minimum atomic E-state index is -2.96. The molecule has 0 atom stereocenters. The Kier molecular flexibility index (Phi) is 15.7. The molecule has 42 heavy (non-hydrogen) atoms. The Labute approximate surface area is 285 Å². The molecule has 0 spiro atoms. The van der Waals surface area contributed by atoms with Gasteiger partial charge in [0.1, 0.15) is 0 Å². The Morgan fingerprint density at radius 2 is 0.833 bits per heavy atom. The third kappa shape index (κ3) is 10.9. The molecular weight excluding hydrogens is 957 g/mol. The van der Waals surface area contributed by atoms with E-state index >= 15 is 0 Å². The van der Waals surface area contributed by atoms with Crippen LogP contribution in [0.3, 0.4) is 0 Å². The smallest absolute Gasteiger partial charge is 0.0408 e. The molecule has 0 amide bonds. The van der Waals surface area contributed by atoms with Gasteiger partial charge in [-0.3, -0.25) is 0 Å². The van der Waals surface area contributed by atoms with Crippen molar-refractivity contribution < 1.29 is 57.9 Å². The summed E-state index contributed by atoms with van der Waals surface area (Å²) in [5.41, 5.74) is 0. The van der Waals surface area contributed by atoms with Crippen LogP contribution < -0.4 is 21.2 Å². The van der Waals surface area contributed by atoms with E-state index in [9.17, 15) is 13.2 Å². The topological polar surface area (TPSA) is 0 Å². The van der Waals surface area contributed by atoms with E-state index in [1.54, 1.807) is 6.07 Å². The molecule has 0 fully saturated rings. The summed E-state index contributed by atoms with van der Waals surface area (Å²) in [6.07, 6.45) is 0. The van der Waals surface area contributed by atoms with Crippen molar-refractivity contribution in [3.05, 3.63) is 184 Å². The molecule has 0 unspecified atom stereocenters. The molecular formula is C34H30Au2ClF3P2-4. The van der Waals surface area contributed by atoms with Gasteiger partial charge in [-0.05, 0) is 24.3 Å². The molecule has 5 aromatic carbocycles. The van der Waals surface area contributed by atoms with Gasteiger partial charge in [-0.25, -0.2) is 13.2 Å². The van der Waals surface area contributed by atoms with Gasteiger partial charge in [-0.15, -0.1) is 18.2 Å². The van der Waals surface area contributed by atoms with Crippen LogP contribution in [0.5, 0.6) is 0 Å². The van der Waals surface area contributed by atoms with E-state index in [-0.39, 0.29) is 44.8 Å². The summed E-state index contributed by atoms with van der Waals surface area (Å²) in [5, 5.41) is 4.52. The van der Waals surface area contributed by atoms with Crippen molar-refractivity contribution in [2.24, 2.45) is 0 Å². The molecule has 0 aliphatic rings. The van der Waals surface area contributed by atoms with E-state index < -0.39 is 30.7 Å². The molecule has 5 aromatic rings. The molecule has 230 valence electrons. The average molecular weight is 987 g/mol. The second kappa shape index (κ2) is 17.1. The van der Waals surface area contributed by atoms with Gasteiger partial charge in [0.25, 0.3) is 0 Å². The Morgan fingerprint density at radius 1 is 0.548 bits per heavy atom. The molecule has 0 heterocycles. The maximum Gasteiger partial charge on any atom is 0.0408 e. The van der Waals surface area contributed by atoms with Crippen molar-refractivity contribution in [3.8, 4) is 0 Å². The Hall–Kier alpha value is -1.48. The van der Waals surface area contributed by atoms with Crippen LogP contribution in [0.15, 0.2) is 133 Å². The first-order valence-electron chi connectivity index (χ1n) is 12.2. The van der Waals surface area contributed by atoms with Crippen LogP contribution in [0.4, 0.5) is 13.2 Å². The molecule has 5 rings (SSSR count). The van der Waals surface area contributed by atoms with Crippen molar-refractivity contribution in [3.63, 3.8) is 0 Å². The number of benzene rings is 5. The van der Waals surface area contributed by atoms with E-state index in [0.717, 1.165) is 10.6 Å². The zero-order valence-corrected chi connectivity index (χ0v) is 29.4. The molecule has 0 nitrogen and oxygen atoms in total. The van der Waals surface area contributed by atoms with E-state index in [2.05, 4.69) is 50.9 Å². The largest absolute Gasteiger partial charge is 0.199 e. The van der Waals surface area contributed by atoms with Crippen molar-refractivity contribution >= 4 is 45.7 Å². The zero-order chi connectivity index (χ0) is 29.3. The minimum Gasteiger partial charge on any atom is -0.199 e. The van der Waals surface area contributed by atoms with Crippen LogP contribution in [-0.2, 0) is 44.8 Å². The van der Waals surface area contributed by atoms with Crippen LogP contribution in [-0.4, -0.2) is 0 Å². The Balaban J connectivity index is 0.000000319. The normalized spacial score (nSPS) is 11.5. The monoisotopic (exact) mass is 986 g/mol. The fourth-order valence-corrected chi connectivity index (χ4v) is 8.20. The Morgan fingerprint density at radius 3 is 1.12 bits per heavy atom. The summed E-state index contributed by atoms with van der Waals surface area (Å²) in [5.74, 6) is -5.93. The number of hydrogen-bond donors (Lipinski definition) is 0. The standard InChI is InChI=1S/C14H14ClP.C14H14P.C6H2F3.2Au/c1-16(2,15,13-9-5-3-6-10-13)14-11-7-4-8-12-14;1-15(2,13-9-5-3-6-10-13)14-11-7-4-8-12-14;7-4-1-5(8)3-6(9)2-4;;/h3-12H,1-2H2;3-12H,1-2H2;1-2H;;/q-2;2*-1;;. The predicted octanol–water partition coefficient (Wildman–Crippen LogP) is 9.06. The molecule has 0 saturated carbocycles. The summed E-state index contributed by atoms with van der Waals surface area (Å²) in [4.78, 5) is 0. The summed E-state index contributed by atoms with van der Waals surface area (Å²) < 4.78 is 35.7. The van der Waals surface area contributed by atoms with E-state index in [4.69, 9.17) is 11.2 Å². The van der Waals surface area contributed by atoms with E-state index in [1.807, 2.05) is 97.1 Å². The van der Waals surface area contributed by atoms with Gasteiger partial charge >= 0.3 is 102 Å². The van der Waals surface area contributed by atoms with Gasteiger partial charge in [0, 0.05) is 72.8 Å². The maximum absolute atomic E-state index is 11.9. The molecule has 0 aromatic heterocycles. The molecule has 0 saturated heterocycles. The molecule has 0 bridgehead atoms. The quantitative estimate of drug-likeness (QED) is 0.0959. The second-order valence-corrected chi connectivity index (χ2v) is 18.4. The molecule has 0 N–H and O–H groups in total. The molecule has 2 radical (unpaired) electrons. The van der Waals surface area contributed by atoms with Crippen molar-refractivity contribution in [2.45, 2.75) is 0 Å². The van der Waals surface area contributed by atoms with Gasteiger partial charge in [0.2, 0.25) is 0 Å². The van der Waals surface area contributed by atoms with Gasteiger partial charge in [0.05, 0.1) is 0 Å². The van der Waals surface area contributed by atoms with Gasteiger partial charge < -0.3 is 0 Å². The fraction of sp³-hybridized carbons (Fsp3) is 0. The predicted molar refractivity (Wildman–Crippen MR) is 171 cm³/mol. The fourth-order valence-electron chi connectivity index (χ4n) is 3.73. The van der Waals surface area contributed by atoms with Gasteiger partial charge in [-0.1, -0.05) is 36.4 Å². The van der Waals surface area contributed by atoms with Crippen molar-refractivity contribution in [2.75, 3.05) is 0 Å². The summed E-state index contributed by atoms with van der Waals surface area (Å²) in [6.45, 7) is 17.1. The van der Waals surface area contributed by atoms with Crippen molar-refractivity contribution in [1.29, 1.82) is 0 Å². The van der Waals surface area contributed by atoms with Gasteiger partial charge in [0.15, 0.2) is 0 Å². The molecule has 8 heteroatoms. The number of hydrogen-bond acceptors (Lipinski definition) is 0. The molecule has 0 aliphatic carbocycles. The minimum absolute atomic E-state index is 0. The number of rotatable bonds is 4. The summed E-state index contributed by atoms with van der Waals surface area (Å²) >= 11 is 6.75. The first kappa shape index (κ1) is 38.5. The first-order valence-corrected chi connectivity index (χ1v) is 17.9. The van der Waals surface area contributed by atoms with E-state index in [1.165, 1.54) is 10.6 Å². The third-order valence-electron chi connectivity index (χ3n) is 5.96. The summed E-state index contributed by atoms with van der Waals surface area (Å²) in [6, 6.07) is 43.2. The van der Waals surface area contributed by atoms with Gasteiger partial charge in [-0.2, -0.15) is 20.6 Å².